The number of nitrogens with zero attached hydrogens (tertiary/aromatic N) is 2. The van der Waals surface area contributed by atoms with Crippen LogP contribution in [0.2, 0.25) is 0 Å². The van der Waals surface area contributed by atoms with Crippen LogP contribution < -0.4 is 5.32 Å². The molecule has 1 aromatic heterocycles. The summed E-state index contributed by atoms with van der Waals surface area (Å²) in [4.78, 5) is 32.4. The summed E-state index contributed by atoms with van der Waals surface area (Å²) in [6, 6.07) is 11.7. The summed E-state index contributed by atoms with van der Waals surface area (Å²) in [5.74, 6) is -0.767. The van der Waals surface area contributed by atoms with Gasteiger partial charge >= 0.3 is 0 Å². The number of anilines is 1. The molecule has 5 rings (SSSR count). The lowest BCUT2D eigenvalue weighted by atomic mass is 9.76. The summed E-state index contributed by atoms with van der Waals surface area (Å²) in [6.07, 6.45) is 7.03. The maximum Gasteiger partial charge on any atom is 0.231 e. The second-order valence-electron chi connectivity index (χ2n) is 8.72. The molecule has 0 aliphatic carbocycles. The fourth-order valence-corrected chi connectivity index (χ4v) is 4.90. The molecule has 1 N–H and O–H groups in total. The summed E-state index contributed by atoms with van der Waals surface area (Å²) >= 11 is 0. The van der Waals surface area contributed by atoms with E-state index in [-0.39, 0.29) is 17.9 Å². The Bertz CT molecular complexity index is 1000. The minimum absolute atomic E-state index is 0.0268. The Labute approximate surface area is 175 Å². The van der Waals surface area contributed by atoms with Gasteiger partial charge in [0.2, 0.25) is 11.8 Å². The van der Waals surface area contributed by atoms with Crippen LogP contribution in [-0.4, -0.2) is 39.9 Å². The zero-order valence-electron chi connectivity index (χ0n) is 17.1. The Morgan fingerprint density at radius 2 is 2.10 bits per heavy atom. The summed E-state index contributed by atoms with van der Waals surface area (Å²) in [5.41, 5.74) is 2.22. The van der Waals surface area contributed by atoms with E-state index < -0.39 is 17.4 Å². The van der Waals surface area contributed by atoms with Crippen molar-refractivity contribution in [1.82, 2.24) is 9.88 Å². The van der Waals surface area contributed by atoms with E-state index in [9.17, 15) is 9.59 Å². The third-order valence-electron chi connectivity index (χ3n) is 6.42. The van der Waals surface area contributed by atoms with E-state index in [1.807, 2.05) is 48.6 Å². The van der Waals surface area contributed by atoms with Gasteiger partial charge in [0.1, 0.15) is 5.60 Å². The predicted octanol–water partition coefficient (Wildman–Crippen LogP) is 3.13. The monoisotopic (exact) mass is 403 g/mol. The molecule has 2 bridgehead atoms. The van der Waals surface area contributed by atoms with Gasteiger partial charge in [0.25, 0.3) is 0 Å². The van der Waals surface area contributed by atoms with Crippen LogP contribution in [0.3, 0.4) is 0 Å². The largest absolute Gasteiger partial charge is 0.360 e. The molecule has 0 radical (unpaired) electrons. The number of likely N-dealkylation sites (tertiary alicyclic amines) is 1. The van der Waals surface area contributed by atoms with Gasteiger partial charge in [-0.2, -0.15) is 0 Å². The van der Waals surface area contributed by atoms with Crippen LogP contribution in [0, 0.1) is 11.8 Å². The second-order valence-corrected chi connectivity index (χ2v) is 8.72. The van der Waals surface area contributed by atoms with Crippen molar-refractivity contribution in [3.05, 3.63) is 72.1 Å². The summed E-state index contributed by atoms with van der Waals surface area (Å²) in [7, 11) is 0. The van der Waals surface area contributed by atoms with Crippen molar-refractivity contribution < 1.29 is 14.3 Å². The third kappa shape index (κ3) is 3.03. The number of carbonyl (C=O) groups excluding carboxylic acids is 2. The van der Waals surface area contributed by atoms with Crippen molar-refractivity contribution in [2.75, 3.05) is 11.9 Å². The number of pyridine rings is 1. The van der Waals surface area contributed by atoms with E-state index in [1.165, 1.54) is 5.56 Å². The van der Waals surface area contributed by atoms with Gasteiger partial charge < -0.3 is 15.0 Å². The molecule has 154 valence electrons. The number of amides is 2. The first kappa shape index (κ1) is 19.0. The van der Waals surface area contributed by atoms with E-state index in [2.05, 4.69) is 24.1 Å². The van der Waals surface area contributed by atoms with Gasteiger partial charge in [-0.05, 0) is 35.2 Å². The molecule has 3 aliphatic rings. The maximum atomic E-state index is 13.3. The lowest BCUT2D eigenvalue weighted by Crippen LogP contribution is -2.41. The van der Waals surface area contributed by atoms with Gasteiger partial charge in [-0.3, -0.25) is 14.6 Å². The smallest absolute Gasteiger partial charge is 0.231 e. The average Bonchev–Trinajstić information content (AvgIpc) is 3.37. The van der Waals surface area contributed by atoms with Crippen molar-refractivity contribution in [1.29, 1.82) is 0 Å². The number of aromatic nitrogens is 1. The molecule has 4 heterocycles. The Hall–Kier alpha value is -2.99. The molecular weight excluding hydrogens is 378 g/mol. The third-order valence-corrected chi connectivity index (χ3v) is 6.42. The van der Waals surface area contributed by atoms with E-state index in [0.717, 1.165) is 11.3 Å². The van der Waals surface area contributed by atoms with E-state index in [0.29, 0.717) is 19.0 Å². The van der Waals surface area contributed by atoms with Crippen LogP contribution in [-0.2, 0) is 20.9 Å². The van der Waals surface area contributed by atoms with Crippen LogP contribution in [0.25, 0.3) is 0 Å². The lowest BCUT2D eigenvalue weighted by molar-refractivity contribution is -0.136. The average molecular weight is 403 g/mol. The molecule has 0 saturated carbocycles. The molecule has 1 aromatic carbocycles. The van der Waals surface area contributed by atoms with Gasteiger partial charge in [0.15, 0.2) is 0 Å². The van der Waals surface area contributed by atoms with Crippen LogP contribution in [0.5, 0.6) is 0 Å². The van der Waals surface area contributed by atoms with Gasteiger partial charge in [-0.25, -0.2) is 0 Å². The number of fused-ring (bicyclic) bond motifs is 1. The first-order chi connectivity index (χ1) is 14.5. The highest BCUT2D eigenvalue weighted by Gasteiger charge is 2.66. The number of hydrogen-bond donors (Lipinski definition) is 1. The predicted molar refractivity (Wildman–Crippen MR) is 113 cm³/mol. The normalized spacial score (nSPS) is 29.0. The van der Waals surface area contributed by atoms with Gasteiger partial charge in [-0.1, -0.05) is 44.2 Å². The zero-order chi connectivity index (χ0) is 20.9. The maximum absolute atomic E-state index is 13.3. The fourth-order valence-electron chi connectivity index (χ4n) is 4.90. The second kappa shape index (κ2) is 7.06. The Kier molecular flexibility index (Phi) is 4.47. The molecule has 4 atom stereocenters. The highest BCUT2D eigenvalue weighted by Crippen LogP contribution is 2.52. The van der Waals surface area contributed by atoms with Gasteiger partial charge in [0, 0.05) is 24.6 Å². The molecule has 1 spiro atoms. The van der Waals surface area contributed by atoms with Gasteiger partial charge in [0.05, 0.1) is 24.5 Å². The minimum atomic E-state index is -0.701. The number of carbonyl (C=O) groups is 2. The first-order valence-electron chi connectivity index (χ1n) is 10.4. The number of benzene rings is 1. The zero-order valence-corrected chi connectivity index (χ0v) is 17.1. The Morgan fingerprint density at radius 1 is 1.30 bits per heavy atom. The highest BCUT2D eigenvalue weighted by molar-refractivity contribution is 5.99. The number of ether oxygens (including phenoxy) is 1. The molecule has 2 amide bonds. The molecule has 2 aromatic rings. The van der Waals surface area contributed by atoms with E-state index in [4.69, 9.17) is 4.74 Å². The molecule has 6 nitrogen and oxygen atoms in total. The number of hydrogen-bond acceptors (Lipinski definition) is 4. The molecule has 6 heteroatoms. The molecule has 3 aliphatic heterocycles. The van der Waals surface area contributed by atoms with Crippen molar-refractivity contribution in [3.63, 3.8) is 0 Å². The SMILES string of the molecule is CC(C)c1ccc(NC(=O)C2[C@@H]3C=CC4(CN(Cc5cccnc5)C(=O)[C@H]24)O3)cc1. The summed E-state index contributed by atoms with van der Waals surface area (Å²) < 4.78 is 6.19. The van der Waals surface area contributed by atoms with Crippen molar-refractivity contribution in [2.24, 2.45) is 11.8 Å². The van der Waals surface area contributed by atoms with E-state index >= 15 is 0 Å². The quantitative estimate of drug-likeness (QED) is 0.779. The van der Waals surface area contributed by atoms with Crippen molar-refractivity contribution >= 4 is 17.5 Å². The standard InChI is InChI=1S/C24H25N3O3/c1-15(2)17-5-7-18(8-6-17)26-22(28)20-19-9-10-24(30-19)14-27(23(29)21(20)24)13-16-4-3-11-25-12-16/h3-12,15,19-21H,13-14H2,1-2H3,(H,26,28)/t19-,20?,21-,24?/m0/s1. The van der Waals surface area contributed by atoms with Crippen molar-refractivity contribution in [2.45, 2.75) is 38.0 Å². The van der Waals surface area contributed by atoms with Crippen LogP contribution in [0.4, 0.5) is 5.69 Å². The molecule has 2 fully saturated rings. The summed E-state index contributed by atoms with van der Waals surface area (Å²) in [5, 5.41) is 3.00. The Morgan fingerprint density at radius 3 is 2.80 bits per heavy atom. The van der Waals surface area contributed by atoms with Crippen LogP contribution in [0.15, 0.2) is 60.9 Å². The summed E-state index contributed by atoms with van der Waals surface area (Å²) in [6.45, 7) is 5.20. The van der Waals surface area contributed by atoms with Crippen molar-refractivity contribution in [3.8, 4) is 0 Å². The topological polar surface area (TPSA) is 71.5 Å². The number of nitrogens with one attached hydrogen (secondary N) is 1. The molecular formula is C24H25N3O3. The molecule has 2 unspecified atom stereocenters. The minimum Gasteiger partial charge on any atom is -0.360 e. The molecule has 2 saturated heterocycles. The number of rotatable bonds is 5. The lowest BCUT2D eigenvalue weighted by Gasteiger charge is -2.23. The molecule has 30 heavy (non-hydrogen) atoms. The first-order valence-corrected chi connectivity index (χ1v) is 10.4. The highest BCUT2D eigenvalue weighted by atomic mass is 16.5. The van der Waals surface area contributed by atoms with Crippen LogP contribution >= 0.6 is 0 Å². The van der Waals surface area contributed by atoms with Gasteiger partial charge in [-0.15, -0.1) is 0 Å². The Balaban J connectivity index is 1.35. The fraction of sp³-hybridized carbons (Fsp3) is 0.375. The van der Waals surface area contributed by atoms with E-state index in [1.54, 1.807) is 17.3 Å². The van der Waals surface area contributed by atoms with Crippen LogP contribution in [0.1, 0.15) is 30.9 Å².